The van der Waals surface area contributed by atoms with E-state index >= 15 is 0 Å². The van der Waals surface area contributed by atoms with Crippen LogP contribution in [0.2, 0.25) is 5.02 Å². The smallest absolute Gasteiger partial charge is 0.137 e. The van der Waals surface area contributed by atoms with Crippen molar-refractivity contribution < 1.29 is 4.74 Å². The second kappa shape index (κ2) is 7.57. The van der Waals surface area contributed by atoms with Crippen LogP contribution in [0.5, 0.6) is 5.75 Å². The summed E-state index contributed by atoms with van der Waals surface area (Å²) >= 11 is 6.07. The van der Waals surface area contributed by atoms with Crippen molar-refractivity contribution in [2.45, 2.75) is 39.7 Å². The zero-order valence-corrected chi connectivity index (χ0v) is 11.7. The summed E-state index contributed by atoms with van der Waals surface area (Å²) in [4.78, 5) is 0. The number of halogens is 1. The molecular formula is C14H22ClNO. The lowest BCUT2D eigenvalue weighted by Crippen LogP contribution is -2.27. The molecule has 1 N–H and O–H groups in total. The van der Waals surface area contributed by atoms with E-state index in [1.54, 1.807) is 0 Å². The number of rotatable bonds is 7. The van der Waals surface area contributed by atoms with Gasteiger partial charge in [-0.15, -0.1) is 0 Å². The number of nitrogens with one attached hydrogen (secondary N) is 1. The Kier molecular flexibility index (Phi) is 6.38. The van der Waals surface area contributed by atoms with Gasteiger partial charge in [0.2, 0.25) is 0 Å². The first-order valence-corrected chi connectivity index (χ1v) is 6.63. The number of benzene rings is 1. The summed E-state index contributed by atoms with van der Waals surface area (Å²) in [6.07, 6.45) is 2.15. The van der Waals surface area contributed by atoms with Crippen molar-refractivity contribution in [3.63, 3.8) is 0 Å². The van der Waals surface area contributed by atoms with Crippen LogP contribution in [-0.2, 0) is 0 Å². The molecule has 1 rings (SSSR count). The minimum atomic E-state index is 0.581. The third-order valence-electron chi connectivity index (χ3n) is 2.77. The van der Waals surface area contributed by atoms with Crippen LogP contribution < -0.4 is 10.1 Å². The van der Waals surface area contributed by atoms with Crippen molar-refractivity contribution in [2.75, 3.05) is 13.2 Å². The van der Waals surface area contributed by atoms with E-state index in [1.165, 1.54) is 0 Å². The fourth-order valence-corrected chi connectivity index (χ4v) is 1.76. The summed E-state index contributed by atoms with van der Waals surface area (Å²) in [6.45, 7) is 8.08. The van der Waals surface area contributed by atoms with Crippen LogP contribution >= 0.6 is 11.6 Å². The van der Waals surface area contributed by atoms with E-state index in [1.807, 2.05) is 25.1 Å². The average molecular weight is 256 g/mol. The van der Waals surface area contributed by atoms with Gasteiger partial charge in [0.1, 0.15) is 5.75 Å². The number of aryl methyl sites for hydroxylation is 1. The Labute approximate surface area is 109 Å². The zero-order chi connectivity index (χ0) is 12.7. The van der Waals surface area contributed by atoms with Gasteiger partial charge in [-0.1, -0.05) is 24.6 Å². The fraction of sp³-hybridized carbons (Fsp3) is 0.571. The highest BCUT2D eigenvalue weighted by Gasteiger charge is 2.01. The molecule has 0 amide bonds. The molecule has 0 unspecified atom stereocenters. The first-order valence-electron chi connectivity index (χ1n) is 6.25. The summed E-state index contributed by atoms with van der Waals surface area (Å²) in [5.74, 6) is 0.779. The lowest BCUT2D eigenvalue weighted by Gasteiger charge is -2.12. The number of hydrogen-bond donors (Lipinski definition) is 1. The third-order valence-corrected chi connectivity index (χ3v) is 3.07. The molecule has 1 aromatic carbocycles. The van der Waals surface area contributed by atoms with Gasteiger partial charge >= 0.3 is 0 Å². The molecule has 0 aliphatic heterocycles. The lowest BCUT2D eigenvalue weighted by molar-refractivity contribution is 0.305. The molecule has 0 fully saturated rings. The Morgan fingerprint density at radius 2 is 2.18 bits per heavy atom. The molecule has 0 saturated heterocycles. The highest BCUT2D eigenvalue weighted by molar-refractivity contribution is 6.32. The Morgan fingerprint density at radius 3 is 2.82 bits per heavy atom. The molecule has 2 nitrogen and oxygen atoms in total. The third kappa shape index (κ3) is 5.42. The lowest BCUT2D eigenvalue weighted by atomic mass is 10.2. The molecule has 0 radical (unpaired) electrons. The molecule has 0 saturated carbocycles. The predicted molar refractivity (Wildman–Crippen MR) is 74.1 cm³/mol. The van der Waals surface area contributed by atoms with Gasteiger partial charge in [0.15, 0.2) is 0 Å². The molecule has 0 spiro atoms. The standard InChI is InChI=1S/C14H22ClNO/c1-4-12(3)16-8-5-9-17-14-7-6-11(2)10-13(14)15/h6-7,10,12,16H,4-5,8-9H2,1-3H3/t12-/m0/s1. The first-order chi connectivity index (χ1) is 8.13. The second-order valence-corrected chi connectivity index (χ2v) is 4.81. The molecule has 1 aromatic rings. The molecule has 0 aromatic heterocycles. The van der Waals surface area contributed by atoms with Gasteiger partial charge < -0.3 is 10.1 Å². The van der Waals surface area contributed by atoms with Gasteiger partial charge in [-0.3, -0.25) is 0 Å². The fourth-order valence-electron chi connectivity index (χ4n) is 1.47. The SMILES string of the molecule is CC[C@H](C)NCCCOc1ccc(C)cc1Cl. The van der Waals surface area contributed by atoms with Crippen LogP contribution in [0.1, 0.15) is 32.3 Å². The van der Waals surface area contributed by atoms with Crippen molar-refractivity contribution in [1.29, 1.82) is 0 Å². The van der Waals surface area contributed by atoms with Gasteiger partial charge in [-0.2, -0.15) is 0 Å². The van der Waals surface area contributed by atoms with Gasteiger partial charge in [-0.25, -0.2) is 0 Å². The van der Waals surface area contributed by atoms with E-state index in [-0.39, 0.29) is 0 Å². The maximum atomic E-state index is 6.07. The molecule has 0 bridgehead atoms. The van der Waals surface area contributed by atoms with Crippen molar-refractivity contribution in [3.8, 4) is 5.75 Å². The first kappa shape index (κ1) is 14.3. The largest absolute Gasteiger partial charge is 0.492 e. The second-order valence-electron chi connectivity index (χ2n) is 4.40. The van der Waals surface area contributed by atoms with Crippen molar-refractivity contribution in [1.82, 2.24) is 5.32 Å². The average Bonchev–Trinajstić information content (AvgIpc) is 2.30. The Morgan fingerprint density at radius 1 is 1.41 bits per heavy atom. The van der Waals surface area contributed by atoms with Crippen molar-refractivity contribution >= 4 is 11.6 Å². The van der Waals surface area contributed by atoms with Gasteiger partial charge in [0, 0.05) is 6.04 Å². The maximum absolute atomic E-state index is 6.07. The molecule has 0 aliphatic rings. The predicted octanol–water partition coefficient (Wildman–Crippen LogP) is 3.81. The van der Waals surface area contributed by atoms with E-state index < -0.39 is 0 Å². The highest BCUT2D eigenvalue weighted by atomic mass is 35.5. The summed E-state index contributed by atoms with van der Waals surface area (Å²) < 4.78 is 5.64. The van der Waals surface area contributed by atoms with Crippen molar-refractivity contribution in [2.24, 2.45) is 0 Å². The van der Waals surface area contributed by atoms with Crippen LogP contribution in [0, 0.1) is 6.92 Å². The summed E-state index contributed by atoms with van der Waals surface area (Å²) in [5, 5.41) is 4.12. The summed E-state index contributed by atoms with van der Waals surface area (Å²) in [6, 6.07) is 6.45. The quantitative estimate of drug-likeness (QED) is 0.749. The molecular weight excluding hydrogens is 234 g/mol. The minimum Gasteiger partial charge on any atom is -0.492 e. The molecule has 0 heterocycles. The maximum Gasteiger partial charge on any atom is 0.137 e. The van der Waals surface area contributed by atoms with E-state index in [9.17, 15) is 0 Å². The van der Waals surface area contributed by atoms with Gasteiger partial charge in [0.05, 0.1) is 11.6 Å². The van der Waals surface area contributed by atoms with Gasteiger partial charge in [0.25, 0.3) is 0 Å². The van der Waals surface area contributed by atoms with E-state index in [0.29, 0.717) is 17.7 Å². The molecule has 17 heavy (non-hydrogen) atoms. The van der Waals surface area contributed by atoms with E-state index in [4.69, 9.17) is 16.3 Å². The Balaban J connectivity index is 2.22. The number of ether oxygens (including phenoxy) is 1. The van der Waals surface area contributed by atoms with Crippen LogP contribution in [0.25, 0.3) is 0 Å². The molecule has 0 aliphatic carbocycles. The molecule has 1 atom stereocenters. The Bertz CT molecular complexity index is 341. The van der Waals surface area contributed by atoms with Crippen molar-refractivity contribution in [3.05, 3.63) is 28.8 Å². The van der Waals surface area contributed by atoms with E-state index in [0.717, 1.165) is 30.7 Å². The highest BCUT2D eigenvalue weighted by Crippen LogP contribution is 2.25. The van der Waals surface area contributed by atoms with Crippen LogP contribution in [0.4, 0.5) is 0 Å². The topological polar surface area (TPSA) is 21.3 Å². The minimum absolute atomic E-state index is 0.581. The number of hydrogen-bond acceptors (Lipinski definition) is 2. The molecule has 96 valence electrons. The Hall–Kier alpha value is -0.730. The molecule has 3 heteroatoms. The van der Waals surface area contributed by atoms with Gasteiger partial charge in [-0.05, 0) is 50.9 Å². The van der Waals surface area contributed by atoms with Crippen LogP contribution in [0.3, 0.4) is 0 Å². The normalized spacial score (nSPS) is 12.5. The van der Waals surface area contributed by atoms with Crippen LogP contribution in [0.15, 0.2) is 18.2 Å². The summed E-state index contributed by atoms with van der Waals surface area (Å²) in [7, 11) is 0. The zero-order valence-electron chi connectivity index (χ0n) is 10.9. The van der Waals surface area contributed by atoms with E-state index in [2.05, 4.69) is 19.2 Å². The monoisotopic (exact) mass is 255 g/mol. The van der Waals surface area contributed by atoms with Crippen LogP contribution in [-0.4, -0.2) is 19.2 Å². The summed E-state index contributed by atoms with van der Waals surface area (Å²) in [5.41, 5.74) is 1.15.